The molecule has 0 amide bonds. The Morgan fingerprint density at radius 1 is 1.69 bits per heavy atom. The molecule has 1 aromatic rings. The van der Waals surface area contributed by atoms with E-state index < -0.39 is 0 Å². The van der Waals surface area contributed by atoms with Crippen LogP contribution < -0.4 is 5.32 Å². The molecule has 0 bridgehead atoms. The molecular weight excluding hydrogens is 162 g/mol. The van der Waals surface area contributed by atoms with E-state index in [-0.39, 0.29) is 0 Å². The fourth-order valence-corrected chi connectivity index (χ4v) is 1.29. The maximum absolute atomic E-state index is 4.26. The Bertz CT molecular complexity index is 276. The van der Waals surface area contributed by atoms with Crippen molar-refractivity contribution in [2.24, 2.45) is 0 Å². The van der Waals surface area contributed by atoms with E-state index in [9.17, 15) is 0 Å². The number of hydrogen-bond donors (Lipinski definition) is 1. The van der Waals surface area contributed by atoms with Crippen LogP contribution in [0.25, 0.3) is 0 Å². The van der Waals surface area contributed by atoms with Gasteiger partial charge in [0.25, 0.3) is 0 Å². The minimum absolute atomic E-state index is 0.840. The number of hydrogen-bond acceptors (Lipinski definition) is 2. The first kappa shape index (κ1) is 9.99. The number of allylic oxidation sites excluding steroid dienone is 1. The van der Waals surface area contributed by atoms with Crippen molar-refractivity contribution in [3.63, 3.8) is 0 Å². The van der Waals surface area contributed by atoms with Crippen molar-refractivity contribution in [1.29, 1.82) is 0 Å². The van der Waals surface area contributed by atoms with Crippen LogP contribution >= 0.6 is 0 Å². The predicted molar refractivity (Wildman–Crippen MR) is 54.5 cm³/mol. The van der Waals surface area contributed by atoms with E-state index in [0.717, 1.165) is 25.5 Å². The van der Waals surface area contributed by atoms with Gasteiger partial charge in [-0.05, 0) is 13.5 Å². The number of aryl methyl sites for hydroxylation is 1. The molecule has 1 aromatic heterocycles. The second-order valence-electron chi connectivity index (χ2n) is 2.98. The summed E-state index contributed by atoms with van der Waals surface area (Å²) in [6.45, 7) is 10.5. The molecule has 0 atom stereocenters. The van der Waals surface area contributed by atoms with Gasteiger partial charge in [0.2, 0.25) is 0 Å². The number of rotatable bonds is 5. The normalized spacial score (nSPS) is 10.3. The molecule has 0 aliphatic rings. The van der Waals surface area contributed by atoms with Crippen molar-refractivity contribution in [3.05, 3.63) is 30.4 Å². The summed E-state index contributed by atoms with van der Waals surface area (Å²) in [5.74, 6) is 1.05. The van der Waals surface area contributed by atoms with Gasteiger partial charge in [-0.3, -0.25) is 0 Å². The van der Waals surface area contributed by atoms with Crippen LogP contribution in [0.2, 0.25) is 0 Å². The van der Waals surface area contributed by atoms with E-state index in [4.69, 9.17) is 0 Å². The lowest BCUT2D eigenvalue weighted by Gasteiger charge is -2.07. The molecule has 0 unspecified atom stereocenters. The number of aromatic nitrogens is 2. The number of nitrogens with zero attached hydrogens (tertiary/aromatic N) is 2. The smallest absolute Gasteiger partial charge is 0.106 e. The first-order chi connectivity index (χ1) is 6.29. The predicted octanol–water partition coefficient (Wildman–Crippen LogP) is 1.49. The molecule has 1 rings (SSSR count). The van der Waals surface area contributed by atoms with Crippen LogP contribution in [0.4, 0.5) is 0 Å². The highest BCUT2D eigenvalue weighted by molar-refractivity contribution is 5.05. The largest absolute Gasteiger partial charge is 0.327 e. The summed E-state index contributed by atoms with van der Waals surface area (Å²) in [4.78, 5) is 4.26. The van der Waals surface area contributed by atoms with Gasteiger partial charge in [-0.15, -0.1) is 6.58 Å². The van der Waals surface area contributed by atoms with Gasteiger partial charge >= 0.3 is 0 Å². The summed E-state index contributed by atoms with van der Waals surface area (Å²) in [6.07, 6.45) is 3.81. The highest BCUT2D eigenvalue weighted by Gasteiger charge is 2.03. The standard InChI is InChI=1S/C10H17N3/c1-4-6-13-9(3)12-8-10(13)7-11-5-2/h4,8,11H,1,5-7H2,2-3H3. The van der Waals surface area contributed by atoms with E-state index in [2.05, 4.69) is 28.4 Å². The van der Waals surface area contributed by atoms with Crippen molar-refractivity contribution in [1.82, 2.24) is 14.9 Å². The molecular formula is C10H17N3. The van der Waals surface area contributed by atoms with Gasteiger partial charge < -0.3 is 9.88 Å². The minimum Gasteiger partial charge on any atom is -0.327 e. The molecule has 0 fully saturated rings. The van der Waals surface area contributed by atoms with Crippen LogP contribution in [-0.4, -0.2) is 16.1 Å². The zero-order chi connectivity index (χ0) is 9.68. The van der Waals surface area contributed by atoms with Gasteiger partial charge in [-0.1, -0.05) is 13.0 Å². The zero-order valence-corrected chi connectivity index (χ0v) is 8.38. The number of imidazole rings is 1. The van der Waals surface area contributed by atoms with Crippen molar-refractivity contribution in [2.45, 2.75) is 26.9 Å². The molecule has 0 aromatic carbocycles. The fraction of sp³-hybridized carbons (Fsp3) is 0.500. The van der Waals surface area contributed by atoms with Crippen LogP contribution in [0.1, 0.15) is 18.4 Å². The molecule has 72 valence electrons. The third kappa shape index (κ3) is 2.42. The molecule has 0 radical (unpaired) electrons. The molecule has 0 saturated carbocycles. The molecule has 3 nitrogen and oxygen atoms in total. The van der Waals surface area contributed by atoms with Crippen LogP contribution in [0.5, 0.6) is 0 Å². The third-order valence-electron chi connectivity index (χ3n) is 2.01. The van der Waals surface area contributed by atoms with Gasteiger partial charge in [-0.2, -0.15) is 0 Å². The van der Waals surface area contributed by atoms with Crippen molar-refractivity contribution in [3.8, 4) is 0 Å². The highest BCUT2D eigenvalue weighted by atomic mass is 15.1. The van der Waals surface area contributed by atoms with Crippen molar-refractivity contribution in [2.75, 3.05) is 6.54 Å². The molecule has 0 spiro atoms. The summed E-state index contributed by atoms with van der Waals surface area (Å²) in [5.41, 5.74) is 1.22. The summed E-state index contributed by atoms with van der Waals surface area (Å²) >= 11 is 0. The Labute approximate surface area is 79.5 Å². The zero-order valence-electron chi connectivity index (χ0n) is 8.38. The van der Waals surface area contributed by atoms with Crippen molar-refractivity contribution >= 4 is 0 Å². The van der Waals surface area contributed by atoms with Crippen LogP contribution in [0.15, 0.2) is 18.9 Å². The Morgan fingerprint density at radius 3 is 3.08 bits per heavy atom. The molecule has 3 heteroatoms. The van der Waals surface area contributed by atoms with Gasteiger partial charge in [0.05, 0.1) is 5.69 Å². The van der Waals surface area contributed by atoms with E-state index in [1.807, 2.05) is 19.2 Å². The Balaban J connectivity index is 2.74. The maximum Gasteiger partial charge on any atom is 0.106 e. The lowest BCUT2D eigenvalue weighted by atomic mass is 10.4. The molecule has 0 aliphatic heterocycles. The second kappa shape index (κ2) is 4.82. The Morgan fingerprint density at radius 2 is 2.46 bits per heavy atom. The van der Waals surface area contributed by atoms with E-state index in [0.29, 0.717) is 0 Å². The summed E-state index contributed by atoms with van der Waals surface area (Å²) in [5, 5.41) is 3.28. The van der Waals surface area contributed by atoms with Crippen LogP contribution in [-0.2, 0) is 13.1 Å². The molecule has 1 N–H and O–H groups in total. The summed E-state index contributed by atoms with van der Waals surface area (Å²) in [7, 11) is 0. The quantitative estimate of drug-likeness (QED) is 0.694. The fourth-order valence-electron chi connectivity index (χ4n) is 1.29. The van der Waals surface area contributed by atoms with Gasteiger partial charge in [-0.25, -0.2) is 4.98 Å². The monoisotopic (exact) mass is 179 g/mol. The minimum atomic E-state index is 0.840. The molecule has 0 saturated heterocycles. The topological polar surface area (TPSA) is 29.9 Å². The average Bonchev–Trinajstić information content (AvgIpc) is 2.46. The maximum atomic E-state index is 4.26. The lowest BCUT2D eigenvalue weighted by Crippen LogP contribution is -2.15. The average molecular weight is 179 g/mol. The van der Waals surface area contributed by atoms with Gasteiger partial charge in [0, 0.05) is 19.3 Å². The third-order valence-corrected chi connectivity index (χ3v) is 2.01. The Kier molecular flexibility index (Phi) is 3.71. The van der Waals surface area contributed by atoms with E-state index in [1.54, 1.807) is 0 Å². The van der Waals surface area contributed by atoms with Gasteiger partial charge in [0.1, 0.15) is 5.82 Å². The first-order valence-electron chi connectivity index (χ1n) is 4.62. The first-order valence-corrected chi connectivity index (χ1v) is 4.62. The van der Waals surface area contributed by atoms with Gasteiger partial charge in [0.15, 0.2) is 0 Å². The van der Waals surface area contributed by atoms with Crippen LogP contribution in [0, 0.1) is 6.92 Å². The second-order valence-corrected chi connectivity index (χ2v) is 2.98. The molecule has 1 heterocycles. The number of nitrogens with one attached hydrogen (secondary N) is 1. The SMILES string of the molecule is C=CCn1c(CNCC)cnc1C. The Hall–Kier alpha value is -1.09. The van der Waals surface area contributed by atoms with Crippen molar-refractivity contribution < 1.29 is 0 Å². The van der Waals surface area contributed by atoms with E-state index >= 15 is 0 Å². The lowest BCUT2D eigenvalue weighted by molar-refractivity contribution is 0.653. The van der Waals surface area contributed by atoms with E-state index in [1.165, 1.54) is 5.69 Å². The molecule has 13 heavy (non-hydrogen) atoms. The summed E-state index contributed by atoms with van der Waals surface area (Å²) in [6, 6.07) is 0. The summed E-state index contributed by atoms with van der Waals surface area (Å²) < 4.78 is 2.16. The highest BCUT2D eigenvalue weighted by Crippen LogP contribution is 2.04. The molecule has 0 aliphatic carbocycles. The van der Waals surface area contributed by atoms with Crippen LogP contribution in [0.3, 0.4) is 0 Å².